The fraction of sp³-hybridized carbons (Fsp3) is 0.472. The second-order valence-electron chi connectivity index (χ2n) is 14.2. The molecule has 3 fully saturated rings. The van der Waals surface area contributed by atoms with Crippen LogP contribution in [0.5, 0.6) is 0 Å². The van der Waals surface area contributed by atoms with E-state index < -0.39 is 23.5 Å². The van der Waals surface area contributed by atoms with Gasteiger partial charge in [-0.15, -0.1) is 0 Å². The van der Waals surface area contributed by atoms with Crippen LogP contribution in [0, 0.1) is 22.7 Å². The van der Waals surface area contributed by atoms with Crippen LogP contribution < -0.4 is 16.0 Å². The van der Waals surface area contributed by atoms with Crippen molar-refractivity contribution >= 4 is 29.4 Å². The van der Waals surface area contributed by atoms with Crippen molar-refractivity contribution in [1.82, 2.24) is 30.2 Å². The maximum Gasteiger partial charge on any atom is 0.321 e. The van der Waals surface area contributed by atoms with Crippen molar-refractivity contribution in [2.75, 3.05) is 38.5 Å². The number of likely N-dealkylation sites (tertiary alicyclic amines) is 2. The summed E-state index contributed by atoms with van der Waals surface area (Å²) in [6.07, 6.45) is 3.59. The Balaban J connectivity index is 1.15. The summed E-state index contributed by atoms with van der Waals surface area (Å²) in [5, 5.41) is 12.9. The lowest BCUT2D eigenvalue weighted by molar-refractivity contribution is -0.152. The molecule has 2 aromatic carbocycles. The van der Waals surface area contributed by atoms with Crippen molar-refractivity contribution in [2.24, 2.45) is 22.7 Å². The van der Waals surface area contributed by atoms with Gasteiger partial charge >= 0.3 is 6.03 Å². The minimum absolute atomic E-state index is 0.0141. The van der Waals surface area contributed by atoms with E-state index in [1.54, 1.807) is 28.9 Å². The Labute approximate surface area is 281 Å². The minimum atomic E-state index is -0.952. The summed E-state index contributed by atoms with van der Waals surface area (Å²) in [7, 11) is 1.52. The van der Waals surface area contributed by atoms with Gasteiger partial charge in [0.2, 0.25) is 17.7 Å². The molecule has 6 rings (SSSR count). The molecule has 0 radical (unpaired) electrons. The Bertz CT molecular complexity index is 1640. The molecular formula is C36H45N7O5. The van der Waals surface area contributed by atoms with Crippen LogP contribution in [-0.4, -0.2) is 88.7 Å². The van der Waals surface area contributed by atoms with Crippen LogP contribution in [0.4, 0.5) is 10.5 Å². The van der Waals surface area contributed by atoms with Crippen molar-refractivity contribution in [1.29, 1.82) is 0 Å². The van der Waals surface area contributed by atoms with Crippen LogP contribution in [-0.2, 0) is 32.3 Å². The van der Waals surface area contributed by atoms with Gasteiger partial charge in [0.1, 0.15) is 6.04 Å². The van der Waals surface area contributed by atoms with Crippen LogP contribution in [0.2, 0.25) is 0 Å². The standard InChI is InChI=1S/C36H45N7O5/c1-24(48-20-26-13-9-6-10-14-26)30(32(45)37-4)40-31(44)29-19-41(21-36(29)22-42(23-36)33(46)28-15-35(28,2)3)34(47)39-27-16-38-43(18-27)17-25-11-7-5-8-12-25/h5-14,16,18,24,28-30H,15,17,19-23H2,1-4H3,(H,37,45)(H,39,47)(H,40,44)/t24-,28-,29?,30+/m1/s1. The van der Waals surface area contributed by atoms with Gasteiger partial charge in [-0.05, 0) is 29.9 Å². The molecular weight excluding hydrogens is 610 g/mol. The zero-order chi connectivity index (χ0) is 34.1. The fourth-order valence-corrected chi connectivity index (χ4v) is 6.98. The summed E-state index contributed by atoms with van der Waals surface area (Å²) in [6, 6.07) is 18.2. The Kier molecular flexibility index (Phi) is 9.28. The summed E-state index contributed by atoms with van der Waals surface area (Å²) in [6.45, 7) is 7.98. The molecule has 12 heteroatoms. The van der Waals surface area contributed by atoms with Crippen molar-refractivity contribution in [2.45, 2.75) is 52.5 Å². The number of nitrogens with zero attached hydrogens (tertiary/aromatic N) is 4. The average molecular weight is 656 g/mol. The highest BCUT2D eigenvalue weighted by Crippen LogP contribution is 2.54. The number of rotatable bonds is 11. The number of likely N-dealkylation sites (N-methyl/N-ethyl adjacent to an activating group) is 1. The number of hydrogen-bond acceptors (Lipinski definition) is 6. The highest BCUT2D eigenvalue weighted by atomic mass is 16.5. The second-order valence-corrected chi connectivity index (χ2v) is 14.2. The van der Waals surface area contributed by atoms with Crippen LogP contribution in [0.1, 0.15) is 38.3 Å². The molecule has 1 aliphatic carbocycles. The Morgan fingerprint density at radius 1 is 0.938 bits per heavy atom. The van der Waals surface area contributed by atoms with E-state index in [0.717, 1.165) is 17.5 Å². The number of aromatic nitrogens is 2. The first kappa shape index (κ1) is 33.2. The van der Waals surface area contributed by atoms with E-state index in [1.807, 2.05) is 65.6 Å². The lowest BCUT2D eigenvalue weighted by Gasteiger charge is -2.50. The lowest BCUT2D eigenvalue weighted by atomic mass is 9.70. The molecule has 3 aromatic rings. The highest BCUT2D eigenvalue weighted by Gasteiger charge is 2.62. The second kappa shape index (κ2) is 13.4. The number of amides is 5. The van der Waals surface area contributed by atoms with E-state index in [2.05, 4.69) is 34.9 Å². The maximum atomic E-state index is 14.1. The molecule has 1 aromatic heterocycles. The van der Waals surface area contributed by atoms with Crippen LogP contribution in [0.3, 0.4) is 0 Å². The molecule has 2 aliphatic heterocycles. The maximum absolute atomic E-state index is 14.1. The molecule has 4 atom stereocenters. The van der Waals surface area contributed by atoms with Gasteiger partial charge in [-0.2, -0.15) is 5.10 Å². The fourth-order valence-electron chi connectivity index (χ4n) is 6.98. The molecule has 0 bridgehead atoms. The number of carbonyl (C=O) groups excluding carboxylic acids is 4. The van der Waals surface area contributed by atoms with Crippen molar-refractivity contribution < 1.29 is 23.9 Å². The summed E-state index contributed by atoms with van der Waals surface area (Å²) >= 11 is 0. The summed E-state index contributed by atoms with van der Waals surface area (Å²) in [4.78, 5) is 57.3. The molecule has 3 N–H and O–H groups in total. The predicted octanol–water partition coefficient (Wildman–Crippen LogP) is 3.11. The van der Waals surface area contributed by atoms with Gasteiger partial charge in [0.05, 0.1) is 37.1 Å². The molecule has 1 unspecified atom stereocenters. The first-order chi connectivity index (χ1) is 23.0. The van der Waals surface area contributed by atoms with Crippen LogP contribution in [0.25, 0.3) is 0 Å². The number of anilines is 1. The number of carbonyl (C=O) groups is 4. The summed E-state index contributed by atoms with van der Waals surface area (Å²) in [5.41, 5.74) is 1.94. The number of hydrogen-bond donors (Lipinski definition) is 3. The molecule has 1 saturated carbocycles. The zero-order valence-electron chi connectivity index (χ0n) is 28.0. The molecule has 254 valence electrons. The molecule has 2 saturated heterocycles. The highest BCUT2D eigenvalue weighted by molar-refractivity contribution is 5.93. The summed E-state index contributed by atoms with van der Waals surface area (Å²) < 4.78 is 7.78. The van der Waals surface area contributed by atoms with Crippen molar-refractivity contribution in [3.05, 3.63) is 84.2 Å². The van der Waals surface area contributed by atoms with Crippen LogP contribution >= 0.6 is 0 Å². The van der Waals surface area contributed by atoms with Gasteiger partial charge in [0.25, 0.3) is 0 Å². The number of nitrogens with one attached hydrogen (secondary N) is 3. The van der Waals surface area contributed by atoms with Gasteiger partial charge in [-0.3, -0.25) is 19.1 Å². The molecule has 1 spiro atoms. The van der Waals surface area contributed by atoms with E-state index in [0.29, 0.717) is 31.9 Å². The normalized spacial score (nSPS) is 21.6. The van der Waals surface area contributed by atoms with Crippen molar-refractivity contribution in [3.8, 4) is 0 Å². The third kappa shape index (κ3) is 7.08. The van der Waals surface area contributed by atoms with E-state index in [9.17, 15) is 19.2 Å². The van der Waals surface area contributed by atoms with Gasteiger partial charge < -0.3 is 30.5 Å². The first-order valence-corrected chi connectivity index (χ1v) is 16.6. The SMILES string of the molecule is CNC(=O)[C@@H](NC(=O)C1CN(C(=O)Nc2cnn(Cc3ccccc3)c2)CC12CN(C(=O)[C@H]1CC1(C)C)C2)[C@@H](C)OCc1ccccc1. The van der Waals surface area contributed by atoms with E-state index >= 15 is 0 Å². The van der Waals surface area contributed by atoms with Crippen molar-refractivity contribution in [3.63, 3.8) is 0 Å². The minimum Gasteiger partial charge on any atom is -0.371 e. The monoisotopic (exact) mass is 655 g/mol. The largest absolute Gasteiger partial charge is 0.371 e. The van der Waals surface area contributed by atoms with E-state index in [-0.39, 0.29) is 48.2 Å². The zero-order valence-corrected chi connectivity index (χ0v) is 28.0. The van der Waals surface area contributed by atoms with Crippen LogP contribution in [0.15, 0.2) is 73.1 Å². The number of urea groups is 1. The average Bonchev–Trinajstić information content (AvgIpc) is 3.35. The smallest absolute Gasteiger partial charge is 0.321 e. The third-order valence-corrected chi connectivity index (χ3v) is 10.1. The lowest BCUT2D eigenvalue weighted by Crippen LogP contribution is -2.65. The van der Waals surface area contributed by atoms with Gasteiger partial charge in [0, 0.05) is 50.8 Å². The van der Waals surface area contributed by atoms with E-state index in [1.165, 1.54) is 7.05 Å². The Morgan fingerprint density at radius 2 is 1.56 bits per heavy atom. The topological polar surface area (TPSA) is 138 Å². The third-order valence-electron chi connectivity index (χ3n) is 10.1. The van der Waals surface area contributed by atoms with Gasteiger partial charge in [-0.1, -0.05) is 74.5 Å². The van der Waals surface area contributed by atoms with Gasteiger partial charge in [-0.25, -0.2) is 4.79 Å². The Hall–Kier alpha value is -4.71. The van der Waals surface area contributed by atoms with E-state index in [4.69, 9.17) is 4.74 Å². The molecule has 12 nitrogen and oxygen atoms in total. The van der Waals surface area contributed by atoms with Gasteiger partial charge in [0.15, 0.2) is 0 Å². The number of ether oxygens (including phenoxy) is 1. The summed E-state index contributed by atoms with van der Waals surface area (Å²) in [5.74, 6) is -1.27. The number of benzene rings is 2. The first-order valence-electron chi connectivity index (χ1n) is 16.6. The molecule has 48 heavy (non-hydrogen) atoms. The molecule has 5 amide bonds. The Morgan fingerprint density at radius 3 is 2.19 bits per heavy atom. The molecule has 3 heterocycles. The predicted molar refractivity (Wildman–Crippen MR) is 179 cm³/mol. The molecule has 3 aliphatic rings. The quantitative estimate of drug-likeness (QED) is 0.290.